The molecule has 3 heterocycles. The molecule has 1 fully saturated rings. The van der Waals surface area contributed by atoms with Crippen LogP contribution in [0, 0.1) is 24.1 Å². The number of hydrogen-bond acceptors (Lipinski definition) is 6. The number of carbonyl (C=O) groups is 1. The molecule has 0 bridgehead atoms. The van der Waals surface area contributed by atoms with E-state index in [0.29, 0.717) is 30.0 Å². The lowest BCUT2D eigenvalue weighted by Gasteiger charge is -2.27. The zero-order valence-electron chi connectivity index (χ0n) is 22.5. The van der Waals surface area contributed by atoms with Gasteiger partial charge in [-0.3, -0.25) is 4.79 Å². The number of aryl methyl sites for hydroxylation is 1. The molecule has 0 spiro atoms. The average molecular weight is 547 g/mol. The second-order valence-electron chi connectivity index (χ2n) is 10.2. The van der Waals surface area contributed by atoms with Crippen LogP contribution in [0.15, 0.2) is 72.8 Å². The molecular formula is C33H27FN4O3. The molecule has 5 aromatic rings. The number of fused-ring (bicyclic) bond motifs is 1. The first-order chi connectivity index (χ1) is 20.0. The van der Waals surface area contributed by atoms with Gasteiger partial charge in [-0.05, 0) is 60.9 Å². The first kappa shape index (κ1) is 26.4. The lowest BCUT2D eigenvalue weighted by atomic mass is 10.0. The highest BCUT2D eigenvalue weighted by Crippen LogP contribution is 2.28. The van der Waals surface area contributed by atoms with Crippen molar-refractivity contribution < 1.29 is 18.7 Å². The van der Waals surface area contributed by atoms with Crippen LogP contribution in [0.5, 0.6) is 5.88 Å². The highest BCUT2D eigenvalue weighted by atomic mass is 19.1. The lowest BCUT2D eigenvalue weighted by Crippen LogP contribution is -2.31. The minimum atomic E-state index is -0.482. The van der Waals surface area contributed by atoms with Crippen molar-refractivity contribution in [2.45, 2.75) is 39.0 Å². The zero-order chi connectivity index (χ0) is 28.3. The SMILES string of the molecule is Cc1cc(Cc2nc3ccc(C=O)cc3n2CC2CCO2)ccc1-c1cccc(OCc2ccc(C#N)cc2F)n1. The number of hydrogen-bond donors (Lipinski definition) is 0. The number of halogens is 1. The summed E-state index contributed by atoms with van der Waals surface area (Å²) in [4.78, 5) is 20.9. The van der Waals surface area contributed by atoms with E-state index < -0.39 is 5.82 Å². The monoisotopic (exact) mass is 546 g/mol. The van der Waals surface area contributed by atoms with Gasteiger partial charge >= 0.3 is 0 Å². The normalized spacial score (nSPS) is 14.4. The average Bonchev–Trinajstić information content (AvgIpc) is 3.30. The predicted octanol–water partition coefficient (Wildman–Crippen LogP) is 6.19. The Hall–Kier alpha value is -4.87. The van der Waals surface area contributed by atoms with Crippen molar-refractivity contribution >= 4 is 17.3 Å². The van der Waals surface area contributed by atoms with Crippen molar-refractivity contribution in [1.82, 2.24) is 14.5 Å². The maximum atomic E-state index is 14.3. The molecule has 7 nitrogen and oxygen atoms in total. The zero-order valence-corrected chi connectivity index (χ0v) is 22.5. The molecule has 0 N–H and O–H groups in total. The number of benzene rings is 3. The molecule has 204 valence electrons. The van der Waals surface area contributed by atoms with Crippen LogP contribution in [0.2, 0.25) is 0 Å². The fourth-order valence-electron chi connectivity index (χ4n) is 5.07. The third-order valence-corrected chi connectivity index (χ3v) is 7.38. The number of ether oxygens (including phenoxy) is 2. The molecule has 41 heavy (non-hydrogen) atoms. The van der Waals surface area contributed by atoms with Crippen LogP contribution in [0.4, 0.5) is 4.39 Å². The Bertz CT molecular complexity index is 1800. The molecule has 8 heteroatoms. The first-order valence-corrected chi connectivity index (χ1v) is 13.4. The van der Waals surface area contributed by atoms with E-state index in [0.717, 1.165) is 58.6 Å². The molecule has 1 unspecified atom stereocenters. The van der Waals surface area contributed by atoms with E-state index in [-0.39, 0.29) is 18.3 Å². The minimum absolute atomic E-state index is 0.00710. The van der Waals surface area contributed by atoms with Crippen LogP contribution in [-0.2, 0) is 24.3 Å². The molecular weight excluding hydrogens is 519 g/mol. The molecule has 1 aliphatic heterocycles. The first-order valence-electron chi connectivity index (χ1n) is 13.4. The van der Waals surface area contributed by atoms with Gasteiger partial charge in [0.1, 0.15) is 24.5 Å². The van der Waals surface area contributed by atoms with Gasteiger partial charge in [0.15, 0.2) is 0 Å². The summed E-state index contributed by atoms with van der Waals surface area (Å²) in [6.45, 7) is 3.53. The van der Waals surface area contributed by atoms with Crippen molar-refractivity contribution in [1.29, 1.82) is 5.26 Å². The van der Waals surface area contributed by atoms with Gasteiger partial charge in [0, 0.05) is 35.8 Å². The van der Waals surface area contributed by atoms with Crippen LogP contribution in [0.25, 0.3) is 22.3 Å². The van der Waals surface area contributed by atoms with Crippen molar-refractivity contribution in [3.8, 4) is 23.2 Å². The van der Waals surface area contributed by atoms with E-state index >= 15 is 0 Å². The molecule has 1 aliphatic rings. The Kier molecular flexibility index (Phi) is 7.28. The van der Waals surface area contributed by atoms with Gasteiger partial charge in [0.25, 0.3) is 0 Å². The standard InChI is InChI=1S/C33H27FN4O3/c1-21-13-22(16-32-36-30-10-7-24(19-39)15-31(30)38(32)18-26-11-12-40-26)6-9-27(21)29-3-2-4-33(37-29)41-20-25-8-5-23(17-35)14-28(25)34/h2-10,13-15,19,26H,11-12,16,18,20H2,1H3. The number of imidazole rings is 1. The summed E-state index contributed by atoms with van der Waals surface area (Å²) in [5.74, 6) is 0.829. The number of carbonyl (C=O) groups excluding carboxylic acids is 1. The number of pyridine rings is 1. The van der Waals surface area contributed by atoms with Gasteiger partial charge < -0.3 is 14.0 Å². The fourth-order valence-corrected chi connectivity index (χ4v) is 5.07. The summed E-state index contributed by atoms with van der Waals surface area (Å²) in [6, 6.07) is 23.6. The smallest absolute Gasteiger partial charge is 0.214 e. The van der Waals surface area contributed by atoms with E-state index in [9.17, 15) is 9.18 Å². The van der Waals surface area contributed by atoms with Crippen LogP contribution < -0.4 is 4.74 Å². The molecule has 0 radical (unpaired) electrons. The van der Waals surface area contributed by atoms with Crippen LogP contribution in [0.1, 0.15) is 44.9 Å². The minimum Gasteiger partial charge on any atom is -0.473 e. The van der Waals surface area contributed by atoms with Crippen LogP contribution >= 0.6 is 0 Å². The van der Waals surface area contributed by atoms with E-state index in [1.165, 1.54) is 6.07 Å². The fraction of sp³-hybridized carbons (Fsp3) is 0.212. The Morgan fingerprint density at radius 2 is 2.00 bits per heavy atom. The van der Waals surface area contributed by atoms with Crippen molar-refractivity contribution in [3.63, 3.8) is 0 Å². The largest absolute Gasteiger partial charge is 0.473 e. The number of nitriles is 1. The summed E-state index contributed by atoms with van der Waals surface area (Å²) in [5.41, 5.74) is 6.93. The maximum Gasteiger partial charge on any atom is 0.214 e. The van der Waals surface area contributed by atoms with Crippen molar-refractivity contribution in [2.24, 2.45) is 0 Å². The van der Waals surface area contributed by atoms with Gasteiger partial charge in [-0.15, -0.1) is 0 Å². The molecule has 2 aromatic heterocycles. The third kappa shape index (κ3) is 5.58. The second-order valence-corrected chi connectivity index (χ2v) is 10.2. The predicted molar refractivity (Wildman–Crippen MR) is 152 cm³/mol. The third-order valence-electron chi connectivity index (χ3n) is 7.38. The van der Waals surface area contributed by atoms with Gasteiger partial charge in [0.2, 0.25) is 5.88 Å². The molecule has 0 aliphatic carbocycles. The summed E-state index contributed by atoms with van der Waals surface area (Å²) in [6.07, 6.45) is 2.66. The highest BCUT2D eigenvalue weighted by Gasteiger charge is 2.22. The maximum absolute atomic E-state index is 14.3. The van der Waals surface area contributed by atoms with Gasteiger partial charge in [-0.25, -0.2) is 14.4 Å². The van der Waals surface area contributed by atoms with E-state index in [1.54, 1.807) is 24.3 Å². The Morgan fingerprint density at radius 1 is 1.12 bits per heavy atom. The second kappa shape index (κ2) is 11.3. The number of aldehydes is 1. The Morgan fingerprint density at radius 3 is 2.73 bits per heavy atom. The number of aromatic nitrogens is 3. The molecule has 1 atom stereocenters. The topological polar surface area (TPSA) is 90.0 Å². The van der Waals surface area contributed by atoms with Gasteiger partial charge in [0.05, 0.1) is 41.0 Å². The van der Waals surface area contributed by atoms with E-state index in [4.69, 9.17) is 19.7 Å². The Labute approximate surface area is 236 Å². The summed E-state index contributed by atoms with van der Waals surface area (Å²) in [7, 11) is 0. The molecule has 0 amide bonds. The summed E-state index contributed by atoms with van der Waals surface area (Å²) >= 11 is 0. The molecule has 1 saturated heterocycles. The number of rotatable bonds is 9. The van der Waals surface area contributed by atoms with Gasteiger partial charge in [-0.1, -0.05) is 30.3 Å². The van der Waals surface area contributed by atoms with Crippen LogP contribution in [0.3, 0.4) is 0 Å². The molecule has 0 saturated carbocycles. The van der Waals surface area contributed by atoms with Gasteiger partial charge in [-0.2, -0.15) is 5.26 Å². The highest BCUT2D eigenvalue weighted by molar-refractivity contribution is 5.85. The molecule has 6 rings (SSSR count). The van der Waals surface area contributed by atoms with Crippen molar-refractivity contribution in [2.75, 3.05) is 6.61 Å². The lowest BCUT2D eigenvalue weighted by molar-refractivity contribution is -0.0589. The quantitative estimate of drug-likeness (QED) is 0.205. The summed E-state index contributed by atoms with van der Waals surface area (Å²) in [5, 5.41) is 8.94. The summed E-state index contributed by atoms with van der Waals surface area (Å²) < 4.78 is 27.9. The van der Waals surface area contributed by atoms with Crippen LogP contribution in [-0.4, -0.2) is 33.5 Å². The Balaban J connectivity index is 1.22. The van der Waals surface area contributed by atoms with E-state index in [2.05, 4.69) is 21.7 Å². The molecule has 3 aromatic carbocycles. The van der Waals surface area contributed by atoms with E-state index in [1.807, 2.05) is 43.3 Å². The van der Waals surface area contributed by atoms with Crippen molar-refractivity contribution in [3.05, 3.63) is 112 Å². The number of nitrogens with zero attached hydrogens (tertiary/aromatic N) is 4.